The molecule has 0 spiro atoms. The number of carbonyl (C=O) groups is 1. The Balaban J connectivity index is 2.62. The quantitative estimate of drug-likeness (QED) is 0.839. The highest BCUT2D eigenvalue weighted by atomic mass is 79.9. The van der Waals surface area contributed by atoms with E-state index in [0.29, 0.717) is 12.1 Å². The van der Waals surface area contributed by atoms with Crippen LogP contribution in [0.15, 0.2) is 22.7 Å². The molecule has 0 unspecified atom stereocenters. The van der Waals surface area contributed by atoms with Crippen LogP contribution in [-0.2, 0) is 11.3 Å². The summed E-state index contributed by atoms with van der Waals surface area (Å²) in [5, 5.41) is 8.36. The first-order valence-electron chi connectivity index (χ1n) is 5.04. The smallest absolute Gasteiger partial charge is 0.160 e. The minimum absolute atomic E-state index is 0.106. The number of nitriles is 1. The minimum atomic E-state index is -0.298. The van der Waals surface area contributed by atoms with E-state index < -0.39 is 0 Å². The standard InChI is InChI=1S/C12H12BrFN2O/c1-16(8-11(17)4-5-15)7-9-6-10(13)2-3-12(9)14/h2-3,6H,4,7-8H2,1H3. The van der Waals surface area contributed by atoms with Gasteiger partial charge in [-0.25, -0.2) is 4.39 Å². The third-order valence-corrected chi connectivity index (χ3v) is 2.66. The number of hydrogen-bond acceptors (Lipinski definition) is 3. The first-order valence-corrected chi connectivity index (χ1v) is 5.83. The molecule has 0 aliphatic rings. The number of carbonyl (C=O) groups excluding carboxylic acids is 1. The van der Waals surface area contributed by atoms with Crippen LogP contribution in [-0.4, -0.2) is 24.3 Å². The Morgan fingerprint density at radius 2 is 2.29 bits per heavy atom. The molecule has 0 amide bonds. The Morgan fingerprint density at radius 1 is 1.59 bits per heavy atom. The van der Waals surface area contributed by atoms with E-state index in [0.717, 1.165) is 4.47 Å². The molecule has 1 aromatic rings. The van der Waals surface area contributed by atoms with E-state index in [2.05, 4.69) is 15.9 Å². The van der Waals surface area contributed by atoms with Crippen molar-refractivity contribution in [1.82, 2.24) is 4.90 Å². The second kappa shape index (κ2) is 6.48. The lowest BCUT2D eigenvalue weighted by molar-refractivity contribution is -0.119. The van der Waals surface area contributed by atoms with Crippen LogP contribution in [0.2, 0.25) is 0 Å². The third kappa shape index (κ3) is 4.63. The van der Waals surface area contributed by atoms with Crippen molar-refractivity contribution >= 4 is 21.7 Å². The van der Waals surface area contributed by atoms with Crippen molar-refractivity contribution in [3.63, 3.8) is 0 Å². The summed E-state index contributed by atoms with van der Waals surface area (Å²) < 4.78 is 14.2. The number of Topliss-reactive ketones (excluding diaryl/α,β-unsaturated/α-hetero) is 1. The van der Waals surface area contributed by atoms with Crippen LogP contribution in [0.3, 0.4) is 0 Å². The Kier molecular flexibility index (Phi) is 5.26. The summed E-state index contributed by atoms with van der Waals surface area (Å²) in [6.45, 7) is 0.488. The van der Waals surface area contributed by atoms with Gasteiger partial charge in [-0.3, -0.25) is 9.69 Å². The van der Waals surface area contributed by atoms with Crippen LogP contribution in [0, 0.1) is 17.1 Å². The van der Waals surface area contributed by atoms with E-state index in [1.807, 2.05) is 0 Å². The van der Waals surface area contributed by atoms with Gasteiger partial charge in [0.05, 0.1) is 19.0 Å². The largest absolute Gasteiger partial charge is 0.297 e. The van der Waals surface area contributed by atoms with E-state index >= 15 is 0 Å². The maximum Gasteiger partial charge on any atom is 0.160 e. The van der Waals surface area contributed by atoms with Crippen LogP contribution in [0.4, 0.5) is 4.39 Å². The van der Waals surface area contributed by atoms with Gasteiger partial charge in [0.2, 0.25) is 0 Å². The number of halogens is 2. The van der Waals surface area contributed by atoms with Gasteiger partial charge in [-0.15, -0.1) is 0 Å². The summed E-state index contributed by atoms with van der Waals surface area (Å²) in [5.41, 5.74) is 0.520. The minimum Gasteiger partial charge on any atom is -0.297 e. The van der Waals surface area contributed by atoms with Crippen molar-refractivity contribution in [2.45, 2.75) is 13.0 Å². The normalized spacial score (nSPS) is 10.3. The Morgan fingerprint density at radius 3 is 2.94 bits per heavy atom. The zero-order valence-electron chi connectivity index (χ0n) is 9.41. The highest BCUT2D eigenvalue weighted by Crippen LogP contribution is 2.16. The molecule has 0 radical (unpaired) electrons. The van der Waals surface area contributed by atoms with Gasteiger partial charge in [0.15, 0.2) is 5.78 Å². The van der Waals surface area contributed by atoms with Gasteiger partial charge in [0.1, 0.15) is 5.82 Å². The second-order valence-electron chi connectivity index (χ2n) is 3.78. The lowest BCUT2D eigenvalue weighted by Gasteiger charge is -2.15. The average Bonchev–Trinajstić information content (AvgIpc) is 2.23. The summed E-state index contributed by atoms with van der Waals surface area (Å²) in [5.74, 6) is -0.460. The van der Waals surface area contributed by atoms with Crippen molar-refractivity contribution in [2.75, 3.05) is 13.6 Å². The van der Waals surface area contributed by atoms with Crippen molar-refractivity contribution in [3.05, 3.63) is 34.1 Å². The number of likely N-dealkylation sites (N-methyl/N-ethyl adjacent to an activating group) is 1. The fourth-order valence-corrected chi connectivity index (χ4v) is 1.86. The zero-order chi connectivity index (χ0) is 12.8. The van der Waals surface area contributed by atoms with Crippen molar-refractivity contribution in [1.29, 1.82) is 5.26 Å². The molecule has 0 aromatic heterocycles. The van der Waals surface area contributed by atoms with Gasteiger partial charge in [-0.05, 0) is 25.2 Å². The molecule has 0 saturated heterocycles. The number of nitrogens with zero attached hydrogens (tertiary/aromatic N) is 2. The van der Waals surface area contributed by atoms with Gasteiger partial charge < -0.3 is 0 Å². The molecule has 0 bridgehead atoms. The van der Waals surface area contributed by atoms with Crippen molar-refractivity contribution in [3.8, 4) is 6.07 Å². The predicted octanol–water partition coefficient (Wildman–Crippen LogP) is 2.50. The molecule has 0 aliphatic carbocycles. The molecule has 0 atom stereocenters. The molecule has 1 aromatic carbocycles. The highest BCUT2D eigenvalue weighted by molar-refractivity contribution is 9.10. The van der Waals surface area contributed by atoms with Crippen LogP contribution < -0.4 is 0 Å². The van der Waals surface area contributed by atoms with E-state index in [1.165, 1.54) is 6.07 Å². The molecule has 1 rings (SSSR count). The molecule has 0 fully saturated rings. The molecule has 3 nitrogen and oxygen atoms in total. The van der Waals surface area contributed by atoms with Crippen LogP contribution in [0.25, 0.3) is 0 Å². The number of rotatable bonds is 5. The maximum atomic E-state index is 13.4. The summed E-state index contributed by atoms with van der Waals surface area (Å²) in [6, 6.07) is 6.48. The summed E-state index contributed by atoms with van der Waals surface area (Å²) in [6.07, 6.45) is -0.106. The molecular weight excluding hydrogens is 287 g/mol. The molecule has 17 heavy (non-hydrogen) atoms. The van der Waals surface area contributed by atoms with Crippen molar-refractivity contribution < 1.29 is 9.18 Å². The summed E-state index contributed by atoms with van der Waals surface area (Å²) in [4.78, 5) is 12.9. The predicted molar refractivity (Wildman–Crippen MR) is 65.7 cm³/mol. The van der Waals surface area contributed by atoms with E-state index in [1.54, 1.807) is 30.1 Å². The SMILES string of the molecule is CN(CC(=O)CC#N)Cc1cc(Br)ccc1F. The Hall–Kier alpha value is -1.25. The molecule has 0 saturated carbocycles. The fourth-order valence-electron chi connectivity index (χ4n) is 1.46. The van der Waals surface area contributed by atoms with Gasteiger partial charge in [-0.1, -0.05) is 15.9 Å². The van der Waals surface area contributed by atoms with Gasteiger partial charge in [-0.2, -0.15) is 5.26 Å². The van der Waals surface area contributed by atoms with Crippen LogP contribution in [0.1, 0.15) is 12.0 Å². The second-order valence-corrected chi connectivity index (χ2v) is 4.70. The first-order chi connectivity index (χ1) is 8.02. The van der Waals surface area contributed by atoms with E-state index in [4.69, 9.17) is 5.26 Å². The van der Waals surface area contributed by atoms with E-state index in [-0.39, 0.29) is 24.6 Å². The molecule has 0 aliphatic heterocycles. The lowest BCUT2D eigenvalue weighted by Crippen LogP contribution is -2.25. The molecule has 5 heteroatoms. The number of hydrogen-bond donors (Lipinski definition) is 0. The topological polar surface area (TPSA) is 44.1 Å². The monoisotopic (exact) mass is 298 g/mol. The Bertz CT molecular complexity index is 456. The first kappa shape index (κ1) is 13.8. The summed E-state index contributed by atoms with van der Waals surface area (Å²) >= 11 is 3.27. The highest BCUT2D eigenvalue weighted by Gasteiger charge is 2.09. The number of benzene rings is 1. The van der Waals surface area contributed by atoms with Gasteiger partial charge in [0.25, 0.3) is 0 Å². The maximum absolute atomic E-state index is 13.4. The Labute approximate surface area is 108 Å². The van der Waals surface area contributed by atoms with Crippen LogP contribution in [0.5, 0.6) is 0 Å². The third-order valence-electron chi connectivity index (χ3n) is 2.17. The van der Waals surface area contributed by atoms with E-state index in [9.17, 15) is 9.18 Å². The molecular formula is C12H12BrFN2O. The number of ketones is 1. The molecule has 90 valence electrons. The molecule has 0 N–H and O–H groups in total. The molecule has 0 heterocycles. The van der Waals surface area contributed by atoms with Gasteiger partial charge >= 0.3 is 0 Å². The van der Waals surface area contributed by atoms with Gasteiger partial charge in [0, 0.05) is 16.6 Å². The van der Waals surface area contributed by atoms with Crippen molar-refractivity contribution in [2.24, 2.45) is 0 Å². The summed E-state index contributed by atoms with van der Waals surface area (Å²) in [7, 11) is 1.72. The zero-order valence-corrected chi connectivity index (χ0v) is 11.0. The fraction of sp³-hybridized carbons (Fsp3) is 0.333. The van der Waals surface area contributed by atoms with Crippen LogP contribution >= 0.6 is 15.9 Å². The average molecular weight is 299 g/mol. The lowest BCUT2D eigenvalue weighted by atomic mass is 10.2.